The standard InChI is InChI=1S/C9H12N4OS/c1-7-8(15-6-12-7)4-10-3-2-9-11-5-14-13-9/h5-6,10H,2-4H2,1H3. The molecule has 0 spiro atoms. The highest BCUT2D eigenvalue weighted by Gasteiger charge is 2.01. The minimum absolute atomic E-state index is 0.739. The third-order valence-electron chi connectivity index (χ3n) is 2.06. The molecule has 0 radical (unpaired) electrons. The van der Waals surface area contributed by atoms with Crippen LogP contribution in [0.4, 0.5) is 0 Å². The van der Waals surface area contributed by atoms with Gasteiger partial charge >= 0.3 is 0 Å². The first-order valence-corrected chi connectivity index (χ1v) is 5.59. The lowest BCUT2D eigenvalue weighted by atomic mass is 10.3. The van der Waals surface area contributed by atoms with Gasteiger partial charge in [0.1, 0.15) is 0 Å². The van der Waals surface area contributed by atoms with E-state index in [4.69, 9.17) is 0 Å². The van der Waals surface area contributed by atoms with Crippen molar-refractivity contribution in [3.63, 3.8) is 0 Å². The quantitative estimate of drug-likeness (QED) is 0.772. The van der Waals surface area contributed by atoms with Gasteiger partial charge in [0.05, 0.1) is 11.2 Å². The maximum Gasteiger partial charge on any atom is 0.213 e. The molecule has 0 bridgehead atoms. The zero-order valence-electron chi connectivity index (χ0n) is 8.43. The van der Waals surface area contributed by atoms with Crippen LogP contribution >= 0.6 is 11.3 Å². The van der Waals surface area contributed by atoms with E-state index in [-0.39, 0.29) is 0 Å². The Labute approximate surface area is 91.5 Å². The van der Waals surface area contributed by atoms with Crippen molar-refractivity contribution in [2.24, 2.45) is 0 Å². The molecule has 2 heterocycles. The van der Waals surface area contributed by atoms with E-state index in [2.05, 4.69) is 25.0 Å². The molecule has 0 saturated carbocycles. The van der Waals surface area contributed by atoms with Crippen molar-refractivity contribution in [3.05, 3.63) is 28.3 Å². The van der Waals surface area contributed by atoms with Crippen molar-refractivity contribution in [2.45, 2.75) is 19.9 Å². The molecule has 2 aromatic rings. The summed E-state index contributed by atoms with van der Waals surface area (Å²) in [5.74, 6) is 0.739. The fourth-order valence-corrected chi connectivity index (χ4v) is 1.95. The van der Waals surface area contributed by atoms with Gasteiger partial charge < -0.3 is 9.84 Å². The number of hydrogen-bond donors (Lipinski definition) is 1. The molecule has 0 aliphatic carbocycles. The smallest absolute Gasteiger partial charge is 0.213 e. The second-order valence-corrected chi connectivity index (χ2v) is 4.07. The summed E-state index contributed by atoms with van der Waals surface area (Å²) in [4.78, 5) is 9.41. The zero-order valence-corrected chi connectivity index (χ0v) is 9.25. The molecule has 2 rings (SSSR count). The number of aryl methyl sites for hydroxylation is 1. The first-order chi connectivity index (χ1) is 7.36. The topological polar surface area (TPSA) is 63.8 Å². The van der Waals surface area contributed by atoms with E-state index in [1.165, 1.54) is 11.3 Å². The van der Waals surface area contributed by atoms with Crippen molar-refractivity contribution in [1.82, 2.24) is 20.4 Å². The van der Waals surface area contributed by atoms with Crippen LogP contribution in [0, 0.1) is 6.92 Å². The van der Waals surface area contributed by atoms with E-state index in [1.807, 2.05) is 12.4 Å². The van der Waals surface area contributed by atoms with Crippen molar-refractivity contribution in [2.75, 3.05) is 6.54 Å². The van der Waals surface area contributed by atoms with E-state index in [0.717, 1.165) is 31.0 Å². The molecule has 0 atom stereocenters. The fourth-order valence-electron chi connectivity index (χ4n) is 1.20. The Hall–Kier alpha value is -1.27. The molecule has 80 valence electrons. The van der Waals surface area contributed by atoms with Crippen molar-refractivity contribution in [3.8, 4) is 0 Å². The van der Waals surface area contributed by atoms with Gasteiger partial charge in [-0.25, -0.2) is 4.98 Å². The van der Waals surface area contributed by atoms with E-state index >= 15 is 0 Å². The lowest BCUT2D eigenvalue weighted by Crippen LogP contribution is -2.17. The summed E-state index contributed by atoms with van der Waals surface area (Å²) in [6.45, 7) is 3.72. The molecule has 15 heavy (non-hydrogen) atoms. The fraction of sp³-hybridized carbons (Fsp3) is 0.444. The molecule has 0 amide bonds. The molecule has 0 aliphatic heterocycles. The van der Waals surface area contributed by atoms with Crippen LogP contribution in [0.25, 0.3) is 0 Å². The summed E-state index contributed by atoms with van der Waals surface area (Å²) >= 11 is 1.67. The second-order valence-electron chi connectivity index (χ2n) is 3.14. The van der Waals surface area contributed by atoms with Crippen LogP contribution in [0.2, 0.25) is 0 Å². The summed E-state index contributed by atoms with van der Waals surface area (Å²) in [6.07, 6.45) is 2.14. The average molecular weight is 224 g/mol. The molecule has 6 heteroatoms. The van der Waals surface area contributed by atoms with Crippen molar-refractivity contribution >= 4 is 11.3 Å². The van der Waals surface area contributed by atoms with Crippen molar-refractivity contribution in [1.29, 1.82) is 0 Å². The minimum Gasteiger partial charge on any atom is -0.343 e. The largest absolute Gasteiger partial charge is 0.343 e. The summed E-state index contributed by atoms with van der Waals surface area (Å²) in [7, 11) is 0. The highest BCUT2D eigenvalue weighted by Crippen LogP contribution is 2.10. The Morgan fingerprint density at radius 3 is 3.07 bits per heavy atom. The Kier molecular flexibility index (Phi) is 3.41. The van der Waals surface area contributed by atoms with Gasteiger partial charge in [0.2, 0.25) is 6.39 Å². The van der Waals surface area contributed by atoms with Gasteiger partial charge in [-0.05, 0) is 6.92 Å². The molecule has 1 N–H and O–H groups in total. The number of rotatable bonds is 5. The molecular weight excluding hydrogens is 212 g/mol. The number of nitrogens with one attached hydrogen (secondary N) is 1. The zero-order chi connectivity index (χ0) is 10.5. The monoisotopic (exact) mass is 224 g/mol. The number of aromatic nitrogens is 3. The Balaban J connectivity index is 1.70. The first kappa shape index (κ1) is 10.3. The van der Waals surface area contributed by atoms with E-state index < -0.39 is 0 Å². The molecular formula is C9H12N4OS. The summed E-state index contributed by atoms with van der Waals surface area (Å²) in [6, 6.07) is 0. The van der Waals surface area contributed by atoms with Crippen LogP contribution in [-0.2, 0) is 13.0 Å². The molecule has 5 nitrogen and oxygen atoms in total. The summed E-state index contributed by atoms with van der Waals surface area (Å²) in [5.41, 5.74) is 2.97. The van der Waals surface area contributed by atoms with Crippen LogP contribution in [0.1, 0.15) is 16.4 Å². The second kappa shape index (κ2) is 4.99. The van der Waals surface area contributed by atoms with Crippen LogP contribution in [-0.4, -0.2) is 21.7 Å². The van der Waals surface area contributed by atoms with E-state index in [1.54, 1.807) is 11.3 Å². The average Bonchev–Trinajstić information content (AvgIpc) is 2.85. The maximum atomic E-state index is 4.64. The normalized spacial score (nSPS) is 10.7. The lowest BCUT2D eigenvalue weighted by Gasteiger charge is -2.00. The predicted octanol–water partition coefficient (Wildman–Crippen LogP) is 1.17. The minimum atomic E-state index is 0.739. The van der Waals surface area contributed by atoms with Gasteiger partial charge in [0.25, 0.3) is 0 Å². The van der Waals surface area contributed by atoms with Gasteiger partial charge in [-0.3, -0.25) is 0 Å². The van der Waals surface area contributed by atoms with Crippen molar-refractivity contribution < 1.29 is 4.52 Å². The third kappa shape index (κ3) is 2.84. The Bertz CT molecular complexity index is 398. The number of hydrogen-bond acceptors (Lipinski definition) is 6. The molecule has 0 unspecified atom stereocenters. The molecule has 0 fully saturated rings. The summed E-state index contributed by atoms with van der Waals surface area (Å²) < 4.78 is 4.64. The Morgan fingerprint density at radius 1 is 1.47 bits per heavy atom. The van der Waals surface area contributed by atoms with Gasteiger partial charge in [-0.15, -0.1) is 11.3 Å². The number of nitrogens with zero attached hydrogens (tertiary/aromatic N) is 3. The number of thiazole rings is 1. The first-order valence-electron chi connectivity index (χ1n) is 4.71. The van der Waals surface area contributed by atoms with Gasteiger partial charge in [0, 0.05) is 24.4 Å². The lowest BCUT2D eigenvalue weighted by molar-refractivity contribution is 0.409. The van der Waals surface area contributed by atoms with Gasteiger partial charge in [-0.2, -0.15) is 4.98 Å². The predicted molar refractivity (Wildman–Crippen MR) is 56.6 cm³/mol. The summed E-state index contributed by atoms with van der Waals surface area (Å²) in [5, 5.41) is 7.05. The Morgan fingerprint density at radius 2 is 2.40 bits per heavy atom. The van der Waals surface area contributed by atoms with E-state index in [9.17, 15) is 0 Å². The third-order valence-corrected chi connectivity index (χ3v) is 3.00. The van der Waals surface area contributed by atoms with E-state index in [0.29, 0.717) is 0 Å². The van der Waals surface area contributed by atoms with Crippen LogP contribution < -0.4 is 5.32 Å². The molecule has 0 saturated heterocycles. The molecule has 0 aliphatic rings. The molecule has 2 aromatic heterocycles. The van der Waals surface area contributed by atoms with Crippen LogP contribution in [0.3, 0.4) is 0 Å². The highest BCUT2D eigenvalue weighted by molar-refractivity contribution is 7.09. The highest BCUT2D eigenvalue weighted by atomic mass is 32.1. The van der Waals surface area contributed by atoms with Gasteiger partial charge in [0.15, 0.2) is 5.82 Å². The van der Waals surface area contributed by atoms with Gasteiger partial charge in [-0.1, -0.05) is 5.16 Å². The maximum absolute atomic E-state index is 4.64. The SMILES string of the molecule is Cc1ncsc1CNCCc1ncon1. The molecule has 0 aromatic carbocycles. The van der Waals surface area contributed by atoms with Crippen LogP contribution in [0.5, 0.6) is 0 Å². The van der Waals surface area contributed by atoms with Crippen LogP contribution in [0.15, 0.2) is 16.4 Å².